The molecule has 0 aromatic heterocycles. The van der Waals surface area contributed by atoms with Gasteiger partial charge in [-0.1, -0.05) is 38.5 Å². The Kier molecular flexibility index (Phi) is 6.24. The summed E-state index contributed by atoms with van der Waals surface area (Å²) in [4.78, 5) is 29.1. The molecule has 2 saturated heterocycles. The number of rotatable bonds is 3. The van der Waals surface area contributed by atoms with Gasteiger partial charge in [-0.2, -0.15) is 0 Å². The normalized spacial score (nSPS) is 33.8. The molecule has 0 radical (unpaired) electrons. The van der Waals surface area contributed by atoms with Crippen molar-refractivity contribution in [2.45, 2.75) is 70.6 Å². The van der Waals surface area contributed by atoms with E-state index in [-0.39, 0.29) is 11.9 Å². The molecule has 4 unspecified atom stereocenters. The zero-order valence-electron chi connectivity index (χ0n) is 16.8. The van der Waals surface area contributed by atoms with E-state index in [4.69, 9.17) is 0 Å². The molecule has 27 heavy (non-hydrogen) atoms. The number of carbonyl (C=O) groups excluding carboxylic acids is 2. The summed E-state index contributed by atoms with van der Waals surface area (Å²) in [5.74, 6) is 3.35. The first-order chi connectivity index (χ1) is 13.2. The van der Waals surface area contributed by atoms with Gasteiger partial charge >= 0.3 is 6.03 Å². The van der Waals surface area contributed by atoms with E-state index in [0.717, 1.165) is 50.4 Å². The van der Waals surface area contributed by atoms with Gasteiger partial charge < -0.3 is 15.1 Å². The summed E-state index contributed by atoms with van der Waals surface area (Å²) in [7, 11) is 0. The number of carbonyl (C=O) groups is 2. The molecule has 4 aliphatic rings. The topological polar surface area (TPSA) is 52.7 Å². The van der Waals surface area contributed by atoms with Crippen LogP contribution in [0.25, 0.3) is 0 Å². The Morgan fingerprint density at radius 3 is 1.85 bits per heavy atom. The molecular formula is C22H37N3O2. The molecular weight excluding hydrogens is 338 g/mol. The molecule has 3 amide bonds. The van der Waals surface area contributed by atoms with E-state index in [1.165, 1.54) is 57.8 Å². The van der Waals surface area contributed by atoms with Crippen LogP contribution in [0.5, 0.6) is 0 Å². The number of nitrogens with one attached hydrogen (secondary N) is 1. The lowest BCUT2D eigenvalue weighted by atomic mass is 9.75. The fourth-order valence-electron chi connectivity index (χ4n) is 6.16. The van der Waals surface area contributed by atoms with Gasteiger partial charge in [0.15, 0.2) is 0 Å². The van der Waals surface area contributed by atoms with Crippen molar-refractivity contribution in [3.8, 4) is 0 Å². The number of urea groups is 1. The molecule has 5 nitrogen and oxygen atoms in total. The molecule has 0 aromatic rings. The minimum absolute atomic E-state index is 0.0396. The maximum Gasteiger partial charge on any atom is 0.317 e. The Bertz CT molecular complexity index is 492. The van der Waals surface area contributed by atoms with Crippen LogP contribution in [0.4, 0.5) is 4.79 Å². The van der Waals surface area contributed by atoms with Crippen LogP contribution in [0.15, 0.2) is 0 Å². The van der Waals surface area contributed by atoms with E-state index in [2.05, 4.69) is 10.2 Å². The molecule has 1 N–H and O–H groups in total. The number of hydrogen-bond acceptors (Lipinski definition) is 2. The lowest BCUT2D eigenvalue weighted by molar-refractivity contribution is -0.134. The molecule has 4 rings (SSSR count). The molecule has 0 spiro atoms. The number of hydrogen-bond donors (Lipinski definition) is 1. The number of piperidine rings is 2. The predicted octanol–water partition coefficient (Wildman–Crippen LogP) is 3.64. The summed E-state index contributed by atoms with van der Waals surface area (Å²) in [6.07, 6.45) is 13.5. The van der Waals surface area contributed by atoms with Gasteiger partial charge in [-0.05, 0) is 49.4 Å². The quantitative estimate of drug-likeness (QED) is 0.819. The predicted molar refractivity (Wildman–Crippen MR) is 106 cm³/mol. The lowest BCUT2D eigenvalue weighted by Crippen LogP contribution is -2.49. The number of amides is 3. The van der Waals surface area contributed by atoms with E-state index >= 15 is 0 Å². The number of nitrogens with zero attached hydrogens (tertiary/aromatic N) is 2. The van der Waals surface area contributed by atoms with Crippen molar-refractivity contribution >= 4 is 11.9 Å². The Hall–Kier alpha value is -1.26. The zero-order valence-corrected chi connectivity index (χ0v) is 16.8. The highest BCUT2D eigenvalue weighted by Crippen LogP contribution is 2.37. The minimum Gasteiger partial charge on any atom is -0.342 e. The summed E-state index contributed by atoms with van der Waals surface area (Å²) in [5, 5.41) is 3.01. The van der Waals surface area contributed by atoms with Crippen molar-refractivity contribution < 1.29 is 9.59 Å². The first kappa shape index (κ1) is 19.1. The van der Waals surface area contributed by atoms with E-state index in [1.807, 2.05) is 4.90 Å². The van der Waals surface area contributed by atoms with E-state index in [0.29, 0.717) is 18.9 Å². The Labute approximate surface area is 164 Å². The summed E-state index contributed by atoms with van der Waals surface area (Å²) in [5.41, 5.74) is 0. The standard InChI is InChI=1S/C22H37N3O2/c26-21(24-13-10-17-5-1-3-7-19(17)15-24)9-12-23-22(27)25-14-11-18-6-2-4-8-20(18)16-25/h17-20H,1-16H2,(H,23,27). The summed E-state index contributed by atoms with van der Waals surface area (Å²) < 4.78 is 0. The molecule has 2 saturated carbocycles. The molecule has 2 aliphatic carbocycles. The van der Waals surface area contributed by atoms with Gasteiger partial charge in [0.2, 0.25) is 5.91 Å². The maximum absolute atomic E-state index is 12.6. The fourth-order valence-corrected chi connectivity index (χ4v) is 6.16. The number of likely N-dealkylation sites (tertiary alicyclic amines) is 2. The van der Waals surface area contributed by atoms with Crippen LogP contribution in [0, 0.1) is 23.7 Å². The average molecular weight is 376 g/mol. The highest BCUT2D eigenvalue weighted by molar-refractivity contribution is 5.78. The lowest BCUT2D eigenvalue weighted by Gasteiger charge is -2.41. The van der Waals surface area contributed by atoms with Gasteiger partial charge in [0.25, 0.3) is 0 Å². The highest BCUT2D eigenvalue weighted by atomic mass is 16.2. The van der Waals surface area contributed by atoms with E-state index < -0.39 is 0 Å². The molecule has 4 atom stereocenters. The first-order valence-corrected chi connectivity index (χ1v) is 11.5. The third-order valence-electron chi connectivity index (χ3n) is 7.84. The molecule has 2 aliphatic heterocycles. The smallest absolute Gasteiger partial charge is 0.317 e. The van der Waals surface area contributed by atoms with Crippen LogP contribution in [0.3, 0.4) is 0 Å². The largest absolute Gasteiger partial charge is 0.342 e. The van der Waals surface area contributed by atoms with Gasteiger partial charge in [0.05, 0.1) is 0 Å². The zero-order chi connectivity index (χ0) is 18.6. The van der Waals surface area contributed by atoms with Crippen LogP contribution in [0.2, 0.25) is 0 Å². The summed E-state index contributed by atoms with van der Waals surface area (Å²) >= 11 is 0. The van der Waals surface area contributed by atoms with E-state index in [9.17, 15) is 9.59 Å². The van der Waals surface area contributed by atoms with Crippen molar-refractivity contribution in [3.63, 3.8) is 0 Å². The van der Waals surface area contributed by atoms with Crippen molar-refractivity contribution in [1.82, 2.24) is 15.1 Å². The second kappa shape index (κ2) is 8.83. The fraction of sp³-hybridized carbons (Fsp3) is 0.909. The van der Waals surface area contributed by atoms with Crippen LogP contribution in [0.1, 0.15) is 70.6 Å². The SMILES string of the molecule is O=C(CCNC(=O)N1CCC2CCCCC2C1)N1CCC2CCCCC2C1. The molecule has 4 fully saturated rings. The van der Waals surface area contributed by atoms with Crippen molar-refractivity contribution in [2.24, 2.45) is 23.7 Å². The monoisotopic (exact) mass is 375 g/mol. The Balaban J connectivity index is 1.17. The van der Waals surface area contributed by atoms with Crippen LogP contribution < -0.4 is 5.32 Å². The molecule has 5 heteroatoms. The number of fused-ring (bicyclic) bond motifs is 2. The molecule has 152 valence electrons. The molecule has 0 bridgehead atoms. The Morgan fingerprint density at radius 1 is 0.704 bits per heavy atom. The van der Waals surface area contributed by atoms with Crippen LogP contribution in [-0.2, 0) is 4.79 Å². The van der Waals surface area contributed by atoms with Crippen molar-refractivity contribution in [1.29, 1.82) is 0 Å². The Morgan fingerprint density at radius 2 is 1.22 bits per heavy atom. The van der Waals surface area contributed by atoms with Crippen molar-refractivity contribution in [2.75, 3.05) is 32.7 Å². The third-order valence-corrected chi connectivity index (χ3v) is 7.84. The molecule has 0 aromatic carbocycles. The highest BCUT2D eigenvalue weighted by Gasteiger charge is 2.34. The summed E-state index contributed by atoms with van der Waals surface area (Å²) in [6, 6.07) is 0.0396. The van der Waals surface area contributed by atoms with Crippen molar-refractivity contribution in [3.05, 3.63) is 0 Å². The first-order valence-electron chi connectivity index (χ1n) is 11.5. The van der Waals surface area contributed by atoms with Gasteiger partial charge in [0, 0.05) is 39.1 Å². The second-order valence-corrected chi connectivity index (χ2v) is 9.45. The van der Waals surface area contributed by atoms with Gasteiger partial charge in [-0.25, -0.2) is 4.79 Å². The van der Waals surface area contributed by atoms with Crippen LogP contribution in [-0.4, -0.2) is 54.5 Å². The van der Waals surface area contributed by atoms with E-state index in [1.54, 1.807) is 0 Å². The maximum atomic E-state index is 12.6. The minimum atomic E-state index is 0.0396. The van der Waals surface area contributed by atoms with Gasteiger partial charge in [-0.15, -0.1) is 0 Å². The van der Waals surface area contributed by atoms with Gasteiger partial charge in [-0.3, -0.25) is 4.79 Å². The van der Waals surface area contributed by atoms with Crippen LogP contribution >= 0.6 is 0 Å². The second-order valence-electron chi connectivity index (χ2n) is 9.45. The average Bonchev–Trinajstić information content (AvgIpc) is 2.72. The third kappa shape index (κ3) is 4.60. The summed E-state index contributed by atoms with van der Waals surface area (Å²) in [6.45, 7) is 4.15. The van der Waals surface area contributed by atoms with Gasteiger partial charge in [0.1, 0.15) is 0 Å². The molecule has 2 heterocycles.